The molecule has 0 spiro atoms. The molecule has 1 N–H and O–H groups in total. The molecule has 0 saturated carbocycles. The summed E-state index contributed by atoms with van der Waals surface area (Å²) in [6.45, 7) is 5.31. The van der Waals surface area contributed by atoms with Crippen molar-refractivity contribution in [3.05, 3.63) is 5.53 Å². The van der Waals surface area contributed by atoms with Crippen molar-refractivity contribution in [3.8, 4) is 0 Å². The first kappa shape index (κ1) is 9.85. The zero-order valence-corrected chi connectivity index (χ0v) is 6.90. The van der Waals surface area contributed by atoms with Gasteiger partial charge >= 0.3 is 5.97 Å². The van der Waals surface area contributed by atoms with Crippen LogP contribution in [0.2, 0.25) is 0 Å². The maximum Gasteiger partial charge on any atom is 0.318 e. The third-order valence-electron chi connectivity index (χ3n) is 1.41. The minimum atomic E-state index is -0.977. The highest BCUT2D eigenvalue weighted by molar-refractivity contribution is 5.87. The molecule has 0 aromatic heterocycles. The first-order valence-corrected chi connectivity index (χ1v) is 3.30. The molecule has 0 aliphatic carbocycles. The fourth-order valence-corrected chi connectivity index (χ4v) is 0.724. The number of carboxylic acids is 1. The molecule has 4 nitrogen and oxygen atoms in total. The molecule has 62 valence electrons. The Morgan fingerprint density at radius 2 is 2.09 bits per heavy atom. The van der Waals surface area contributed by atoms with Gasteiger partial charge in [0.2, 0.25) is 0 Å². The number of carboxylic acid groups (broad SMARTS) is 1. The van der Waals surface area contributed by atoms with E-state index in [1.165, 1.54) is 0 Å². The summed E-state index contributed by atoms with van der Waals surface area (Å²) in [4.78, 5) is 13.3. The van der Waals surface area contributed by atoms with Crippen LogP contribution in [0.5, 0.6) is 0 Å². The average Bonchev–Trinajstić information content (AvgIpc) is 1.79. The summed E-state index contributed by atoms with van der Waals surface area (Å²) in [7, 11) is 0. The van der Waals surface area contributed by atoms with Crippen molar-refractivity contribution in [2.45, 2.75) is 20.8 Å². The second kappa shape index (κ2) is 3.30. The molecule has 0 aromatic carbocycles. The van der Waals surface area contributed by atoms with Gasteiger partial charge in [-0.1, -0.05) is 20.8 Å². The quantitative estimate of drug-likeness (QED) is 0.368. The van der Waals surface area contributed by atoms with Crippen molar-refractivity contribution < 1.29 is 14.7 Å². The van der Waals surface area contributed by atoms with Crippen LogP contribution in [0.1, 0.15) is 20.8 Å². The van der Waals surface area contributed by atoms with Gasteiger partial charge in [0.1, 0.15) is 0 Å². The number of hydrogen-bond acceptors (Lipinski definition) is 1. The van der Waals surface area contributed by atoms with E-state index in [2.05, 4.69) is 4.79 Å². The van der Waals surface area contributed by atoms with Crippen LogP contribution in [0, 0.1) is 11.3 Å². The predicted molar refractivity (Wildman–Crippen MR) is 40.3 cm³/mol. The summed E-state index contributed by atoms with van der Waals surface area (Å²) in [6.07, 6.45) is 1.03. The molecule has 0 unspecified atom stereocenters. The van der Waals surface area contributed by atoms with Crippen molar-refractivity contribution in [1.82, 2.24) is 0 Å². The van der Waals surface area contributed by atoms with Crippen LogP contribution in [0.4, 0.5) is 0 Å². The maximum atomic E-state index is 10.5. The zero-order chi connectivity index (χ0) is 9.07. The molecule has 0 amide bonds. The fraction of sp³-hybridized carbons (Fsp3) is 0.714. The van der Waals surface area contributed by atoms with E-state index in [1.54, 1.807) is 20.8 Å². The van der Waals surface area contributed by atoms with Crippen LogP contribution in [-0.4, -0.2) is 22.1 Å². The van der Waals surface area contributed by atoms with Gasteiger partial charge in [-0.3, -0.25) is 4.79 Å². The molecule has 0 aliphatic heterocycles. The van der Waals surface area contributed by atoms with Gasteiger partial charge in [0.05, 0.1) is 0 Å². The molecule has 0 radical (unpaired) electrons. The third kappa shape index (κ3) is 2.96. The summed E-state index contributed by atoms with van der Waals surface area (Å²) in [5.41, 5.74) is 7.74. The van der Waals surface area contributed by atoms with Crippen LogP contribution in [0.3, 0.4) is 0 Å². The highest BCUT2D eigenvalue weighted by Crippen LogP contribution is 2.23. The summed E-state index contributed by atoms with van der Waals surface area (Å²) in [5, 5.41) is 8.64. The Labute approximate surface area is 65.5 Å². The number of nitrogens with zero attached hydrogens (tertiary/aromatic N) is 2. The Bertz CT molecular complexity index is 197. The lowest BCUT2D eigenvalue weighted by Crippen LogP contribution is -2.29. The van der Waals surface area contributed by atoms with Gasteiger partial charge in [-0.2, -0.15) is 4.79 Å². The van der Waals surface area contributed by atoms with Crippen LogP contribution < -0.4 is 0 Å². The van der Waals surface area contributed by atoms with E-state index < -0.39 is 17.3 Å². The van der Waals surface area contributed by atoms with E-state index in [4.69, 9.17) is 10.6 Å². The minimum absolute atomic E-state index is 0.419. The zero-order valence-electron chi connectivity index (χ0n) is 6.90. The van der Waals surface area contributed by atoms with Crippen molar-refractivity contribution in [2.75, 3.05) is 0 Å². The molecule has 0 aliphatic rings. The molecule has 4 heteroatoms. The molecule has 0 heterocycles. The Morgan fingerprint density at radius 1 is 1.64 bits per heavy atom. The second-order valence-electron chi connectivity index (χ2n) is 3.45. The minimum Gasteiger partial charge on any atom is -0.481 e. The van der Waals surface area contributed by atoms with E-state index in [0.29, 0.717) is 0 Å². The van der Waals surface area contributed by atoms with E-state index in [1.807, 2.05) is 0 Å². The Hall–Kier alpha value is -1.15. The highest BCUT2D eigenvalue weighted by Gasteiger charge is 2.33. The molecular formula is C7H12N2O2. The molecule has 0 bridgehead atoms. The SMILES string of the molecule is CC(C)(C)[C@H](C=[N+]=[N-])C(=O)O. The molecule has 0 aromatic rings. The van der Waals surface area contributed by atoms with Crippen LogP contribution in [0.25, 0.3) is 5.53 Å². The molecule has 11 heavy (non-hydrogen) atoms. The van der Waals surface area contributed by atoms with Crippen LogP contribution in [0.15, 0.2) is 0 Å². The number of aliphatic carboxylic acids is 1. The van der Waals surface area contributed by atoms with Crippen molar-refractivity contribution in [1.29, 1.82) is 0 Å². The number of hydrogen-bond donors (Lipinski definition) is 1. The highest BCUT2D eigenvalue weighted by atomic mass is 16.4. The summed E-state index contributed by atoms with van der Waals surface area (Å²) >= 11 is 0. The maximum absolute atomic E-state index is 10.5. The Balaban J connectivity index is 4.61. The van der Waals surface area contributed by atoms with Gasteiger partial charge in [-0.05, 0) is 5.41 Å². The smallest absolute Gasteiger partial charge is 0.318 e. The van der Waals surface area contributed by atoms with E-state index in [0.717, 1.165) is 6.21 Å². The Morgan fingerprint density at radius 3 is 2.18 bits per heavy atom. The van der Waals surface area contributed by atoms with E-state index in [9.17, 15) is 4.79 Å². The Kier molecular flexibility index (Phi) is 2.96. The lowest BCUT2D eigenvalue weighted by molar-refractivity contribution is -0.143. The topological polar surface area (TPSA) is 73.7 Å². The van der Waals surface area contributed by atoms with Gasteiger partial charge in [-0.25, -0.2) is 0 Å². The monoisotopic (exact) mass is 156 g/mol. The van der Waals surface area contributed by atoms with Gasteiger partial charge in [0.15, 0.2) is 5.92 Å². The number of carbonyl (C=O) groups is 1. The summed E-state index contributed by atoms with van der Waals surface area (Å²) in [5.74, 6) is -1.72. The van der Waals surface area contributed by atoms with E-state index >= 15 is 0 Å². The second-order valence-corrected chi connectivity index (χ2v) is 3.45. The van der Waals surface area contributed by atoms with Crippen molar-refractivity contribution in [3.63, 3.8) is 0 Å². The lowest BCUT2D eigenvalue weighted by Gasteiger charge is -2.19. The first-order chi connectivity index (χ1) is 4.89. The normalized spacial score (nSPS) is 13.4. The lowest BCUT2D eigenvalue weighted by atomic mass is 9.82. The fourth-order valence-electron chi connectivity index (χ4n) is 0.724. The molecule has 0 fully saturated rings. The molecule has 0 rings (SSSR count). The molecule has 1 atom stereocenters. The van der Waals surface area contributed by atoms with Gasteiger partial charge in [0, 0.05) is 0 Å². The molecule has 0 saturated heterocycles. The standard InChI is InChI=1S/C7H12N2O2/c1-7(2,3)5(4-9-8)6(10)11/h4-5H,1-3H3,(H,10,11)/t5-/m1/s1. The van der Waals surface area contributed by atoms with Crippen LogP contribution >= 0.6 is 0 Å². The average molecular weight is 156 g/mol. The van der Waals surface area contributed by atoms with Gasteiger partial charge in [0.25, 0.3) is 6.21 Å². The number of rotatable bonds is 2. The van der Waals surface area contributed by atoms with Crippen molar-refractivity contribution >= 4 is 12.2 Å². The summed E-state index contributed by atoms with van der Waals surface area (Å²) < 4.78 is 0. The van der Waals surface area contributed by atoms with Gasteiger partial charge < -0.3 is 10.6 Å². The summed E-state index contributed by atoms with van der Waals surface area (Å²) in [6, 6.07) is 0. The third-order valence-corrected chi connectivity index (χ3v) is 1.41. The predicted octanol–water partition coefficient (Wildman–Crippen LogP) is 1.03. The largest absolute Gasteiger partial charge is 0.481 e. The molecular weight excluding hydrogens is 144 g/mol. The first-order valence-electron chi connectivity index (χ1n) is 3.30. The van der Waals surface area contributed by atoms with Gasteiger partial charge in [-0.15, -0.1) is 0 Å². The van der Waals surface area contributed by atoms with E-state index in [-0.39, 0.29) is 0 Å². The van der Waals surface area contributed by atoms with Crippen LogP contribution in [-0.2, 0) is 4.79 Å². The van der Waals surface area contributed by atoms with Crippen molar-refractivity contribution in [2.24, 2.45) is 11.3 Å².